The van der Waals surface area contributed by atoms with Gasteiger partial charge >= 0.3 is 6.18 Å². The standard InChI is InChI=1S/C21H15F3N4O4/c22-21(23,24)14-7-11(9-25)1-6-18(14)32-13-4-2-12(3-5-13)20-27-15(17(30)10-29)8-16(28-20)19(26)31/h1-8,17,29-30H,10H2,(H2,26,31)/t17-/m0/s1. The molecule has 1 atom stereocenters. The smallest absolute Gasteiger partial charge is 0.420 e. The van der Waals surface area contributed by atoms with E-state index in [0.29, 0.717) is 11.6 Å². The summed E-state index contributed by atoms with van der Waals surface area (Å²) < 4.78 is 45.3. The number of ether oxygens (including phenoxy) is 1. The highest BCUT2D eigenvalue weighted by atomic mass is 19.4. The molecule has 32 heavy (non-hydrogen) atoms. The zero-order valence-electron chi connectivity index (χ0n) is 16.2. The molecule has 0 bridgehead atoms. The Bertz CT molecular complexity index is 1190. The number of nitriles is 1. The molecule has 1 heterocycles. The molecule has 1 aromatic heterocycles. The van der Waals surface area contributed by atoms with E-state index in [1.165, 1.54) is 30.3 Å². The van der Waals surface area contributed by atoms with Crippen LogP contribution in [0.2, 0.25) is 0 Å². The molecule has 4 N–H and O–H groups in total. The number of aliphatic hydroxyl groups excluding tert-OH is 2. The van der Waals surface area contributed by atoms with Crippen LogP contribution in [0.25, 0.3) is 11.4 Å². The van der Waals surface area contributed by atoms with E-state index in [9.17, 15) is 23.1 Å². The summed E-state index contributed by atoms with van der Waals surface area (Å²) in [6, 6.07) is 11.3. The number of alkyl halides is 3. The second-order valence-corrected chi connectivity index (χ2v) is 6.51. The lowest BCUT2D eigenvalue weighted by atomic mass is 10.1. The van der Waals surface area contributed by atoms with Crippen LogP contribution in [0.15, 0.2) is 48.5 Å². The fraction of sp³-hybridized carbons (Fsp3) is 0.143. The van der Waals surface area contributed by atoms with Gasteiger partial charge in [0, 0.05) is 5.56 Å². The second-order valence-electron chi connectivity index (χ2n) is 6.51. The zero-order chi connectivity index (χ0) is 23.5. The number of primary amides is 1. The van der Waals surface area contributed by atoms with Crippen molar-refractivity contribution >= 4 is 5.91 Å². The van der Waals surface area contributed by atoms with Gasteiger partial charge in [-0.3, -0.25) is 4.79 Å². The predicted octanol–water partition coefficient (Wildman–Crippen LogP) is 2.95. The van der Waals surface area contributed by atoms with E-state index >= 15 is 0 Å². The first kappa shape index (κ1) is 22.7. The van der Waals surface area contributed by atoms with Gasteiger partial charge in [-0.1, -0.05) is 0 Å². The Morgan fingerprint density at radius 1 is 1.16 bits per heavy atom. The maximum atomic E-state index is 13.3. The largest absolute Gasteiger partial charge is 0.457 e. The second kappa shape index (κ2) is 9.01. The van der Waals surface area contributed by atoms with Gasteiger partial charge in [0.1, 0.15) is 23.3 Å². The van der Waals surface area contributed by atoms with Gasteiger partial charge < -0.3 is 20.7 Å². The minimum Gasteiger partial charge on any atom is -0.457 e. The Balaban J connectivity index is 1.94. The molecule has 3 aromatic rings. The highest BCUT2D eigenvalue weighted by molar-refractivity contribution is 5.91. The zero-order valence-corrected chi connectivity index (χ0v) is 16.2. The quantitative estimate of drug-likeness (QED) is 0.530. The van der Waals surface area contributed by atoms with E-state index in [1.54, 1.807) is 6.07 Å². The van der Waals surface area contributed by atoms with E-state index in [4.69, 9.17) is 20.8 Å². The number of carbonyl (C=O) groups is 1. The molecule has 2 aromatic carbocycles. The van der Waals surface area contributed by atoms with Gasteiger partial charge in [-0.15, -0.1) is 0 Å². The lowest BCUT2D eigenvalue weighted by Crippen LogP contribution is -2.16. The van der Waals surface area contributed by atoms with Crippen molar-refractivity contribution in [2.75, 3.05) is 6.61 Å². The summed E-state index contributed by atoms with van der Waals surface area (Å²) in [6.45, 7) is -0.645. The number of aromatic nitrogens is 2. The maximum absolute atomic E-state index is 13.3. The first-order chi connectivity index (χ1) is 15.1. The van der Waals surface area contributed by atoms with Gasteiger partial charge in [0.2, 0.25) is 0 Å². The molecule has 0 aliphatic heterocycles. The van der Waals surface area contributed by atoms with Crippen LogP contribution in [0.4, 0.5) is 13.2 Å². The molecule has 164 valence electrons. The topological polar surface area (TPSA) is 142 Å². The fourth-order valence-electron chi connectivity index (χ4n) is 2.69. The van der Waals surface area contributed by atoms with E-state index < -0.39 is 36.1 Å². The lowest BCUT2D eigenvalue weighted by Gasteiger charge is -2.14. The number of hydrogen-bond acceptors (Lipinski definition) is 7. The SMILES string of the molecule is N#Cc1ccc(Oc2ccc(-c3nc(C(N)=O)cc([C@@H](O)CO)n3)cc2)c(C(F)(F)F)c1. The van der Waals surface area contributed by atoms with Gasteiger partial charge in [-0.05, 0) is 48.5 Å². The summed E-state index contributed by atoms with van der Waals surface area (Å²) in [4.78, 5) is 19.6. The van der Waals surface area contributed by atoms with Crippen LogP contribution < -0.4 is 10.5 Å². The molecule has 0 radical (unpaired) electrons. The summed E-state index contributed by atoms with van der Waals surface area (Å²) in [7, 11) is 0. The Morgan fingerprint density at radius 3 is 2.41 bits per heavy atom. The summed E-state index contributed by atoms with van der Waals surface area (Å²) in [6.07, 6.45) is -6.09. The molecule has 8 nitrogen and oxygen atoms in total. The van der Waals surface area contributed by atoms with Gasteiger partial charge in [-0.25, -0.2) is 9.97 Å². The molecule has 0 saturated carbocycles. The highest BCUT2D eigenvalue weighted by Crippen LogP contribution is 2.39. The van der Waals surface area contributed by atoms with Crippen molar-refractivity contribution in [3.05, 3.63) is 71.0 Å². The Kier molecular flexibility index (Phi) is 6.38. The maximum Gasteiger partial charge on any atom is 0.420 e. The number of nitrogens with two attached hydrogens (primary N) is 1. The van der Waals surface area contributed by atoms with Crippen LogP contribution in [0.1, 0.15) is 33.4 Å². The molecule has 0 unspecified atom stereocenters. The summed E-state index contributed by atoms with van der Waals surface area (Å²) in [5.41, 5.74) is 4.12. The van der Waals surface area contributed by atoms with Crippen LogP contribution in [0, 0.1) is 11.3 Å². The third kappa shape index (κ3) is 5.00. The molecule has 3 rings (SSSR count). The minimum atomic E-state index is -4.73. The summed E-state index contributed by atoms with van der Waals surface area (Å²) in [5, 5.41) is 27.8. The number of benzene rings is 2. The average Bonchev–Trinajstić information content (AvgIpc) is 2.78. The lowest BCUT2D eigenvalue weighted by molar-refractivity contribution is -0.138. The number of halogens is 3. The number of carbonyl (C=O) groups excluding carboxylic acids is 1. The molecule has 0 aliphatic rings. The van der Waals surface area contributed by atoms with Crippen molar-refractivity contribution in [2.24, 2.45) is 5.73 Å². The van der Waals surface area contributed by atoms with Crippen molar-refractivity contribution in [1.82, 2.24) is 9.97 Å². The molecule has 11 heteroatoms. The number of aliphatic hydroxyl groups is 2. The van der Waals surface area contributed by atoms with E-state index in [0.717, 1.165) is 12.1 Å². The van der Waals surface area contributed by atoms with Gasteiger partial charge in [0.25, 0.3) is 5.91 Å². The number of nitrogens with zero attached hydrogens (tertiary/aromatic N) is 3. The fourth-order valence-corrected chi connectivity index (χ4v) is 2.69. The van der Waals surface area contributed by atoms with Gasteiger partial charge in [0.05, 0.1) is 29.5 Å². The first-order valence-corrected chi connectivity index (χ1v) is 8.99. The first-order valence-electron chi connectivity index (χ1n) is 8.99. The molecule has 0 fully saturated rings. The van der Waals surface area contributed by atoms with Crippen molar-refractivity contribution in [2.45, 2.75) is 12.3 Å². The van der Waals surface area contributed by atoms with Crippen molar-refractivity contribution in [3.8, 4) is 29.0 Å². The highest BCUT2D eigenvalue weighted by Gasteiger charge is 2.35. The van der Waals surface area contributed by atoms with Crippen LogP contribution in [0.5, 0.6) is 11.5 Å². The Morgan fingerprint density at radius 2 is 1.84 bits per heavy atom. The van der Waals surface area contributed by atoms with Crippen LogP contribution in [-0.2, 0) is 6.18 Å². The van der Waals surface area contributed by atoms with Crippen molar-refractivity contribution in [3.63, 3.8) is 0 Å². The normalized spacial score (nSPS) is 12.1. The van der Waals surface area contributed by atoms with Crippen molar-refractivity contribution in [1.29, 1.82) is 5.26 Å². The summed E-state index contributed by atoms with van der Waals surface area (Å²) >= 11 is 0. The van der Waals surface area contributed by atoms with Crippen LogP contribution >= 0.6 is 0 Å². The number of amides is 1. The van der Waals surface area contributed by atoms with Crippen molar-refractivity contribution < 1.29 is 32.9 Å². The molecular formula is C21H15F3N4O4. The summed E-state index contributed by atoms with van der Waals surface area (Å²) in [5.74, 6) is -1.29. The van der Waals surface area contributed by atoms with Crippen LogP contribution in [0.3, 0.4) is 0 Å². The monoisotopic (exact) mass is 444 g/mol. The molecule has 0 saturated heterocycles. The van der Waals surface area contributed by atoms with E-state index in [2.05, 4.69) is 9.97 Å². The Hall–Kier alpha value is -4.01. The molecular weight excluding hydrogens is 429 g/mol. The number of hydrogen-bond donors (Lipinski definition) is 3. The molecule has 1 amide bonds. The number of rotatable bonds is 6. The van der Waals surface area contributed by atoms with E-state index in [1.807, 2.05) is 0 Å². The Labute approximate surface area is 179 Å². The average molecular weight is 444 g/mol. The third-order valence-electron chi connectivity index (χ3n) is 4.27. The molecule has 0 aliphatic carbocycles. The van der Waals surface area contributed by atoms with Crippen LogP contribution in [-0.4, -0.2) is 32.7 Å². The molecule has 0 spiro atoms. The van der Waals surface area contributed by atoms with Gasteiger partial charge in [-0.2, -0.15) is 18.4 Å². The van der Waals surface area contributed by atoms with Gasteiger partial charge in [0.15, 0.2) is 5.82 Å². The van der Waals surface area contributed by atoms with E-state index in [-0.39, 0.29) is 28.5 Å². The third-order valence-corrected chi connectivity index (χ3v) is 4.27. The predicted molar refractivity (Wildman–Crippen MR) is 104 cm³/mol. The minimum absolute atomic E-state index is 0.00436.